The van der Waals surface area contributed by atoms with Crippen molar-refractivity contribution in [1.29, 1.82) is 0 Å². The Labute approximate surface area is 128 Å². The van der Waals surface area contributed by atoms with Crippen LogP contribution in [0.3, 0.4) is 0 Å². The molecule has 2 rings (SSSR count). The summed E-state index contributed by atoms with van der Waals surface area (Å²) in [6.07, 6.45) is 6.83. The van der Waals surface area contributed by atoms with Gasteiger partial charge in [0, 0.05) is 31.0 Å². The van der Waals surface area contributed by atoms with Crippen molar-refractivity contribution in [3.8, 4) is 0 Å². The number of hydrogen-bond acceptors (Lipinski definition) is 2. The number of nitrogens with zero attached hydrogens (tertiary/aromatic N) is 2. The first-order chi connectivity index (χ1) is 9.97. The lowest BCUT2D eigenvalue weighted by Gasteiger charge is -2.31. The first-order valence-electron chi connectivity index (χ1n) is 7.75. The maximum atomic E-state index is 4.09. The number of nitrogens with one attached hydrogen (secondary N) is 1. The Bertz CT molecular complexity index is 517. The van der Waals surface area contributed by atoms with Gasteiger partial charge in [0.25, 0.3) is 0 Å². The first-order valence-corrected chi connectivity index (χ1v) is 7.75. The normalized spacial score (nSPS) is 14.9. The standard InChI is InChI=1S/C18H27N3/c1-15(20-16(2)13-21-11-10-19-14-21)12-18(3,4)17-8-6-5-7-9-17/h5-11,14-16,20H,12-13H2,1-4H3. The predicted octanol–water partition coefficient (Wildman–Crippen LogP) is 3.62. The van der Waals surface area contributed by atoms with E-state index < -0.39 is 0 Å². The second kappa shape index (κ2) is 6.90. The minimum absolute atomic E-state index is 0.183. The molecule has 21 heavy (non-hydrogen) atoms. The molecule has 3 heteroatoms. The van der Waals surface area contributed by atoms with Crippen LogP contribution in [0.25, 0.3) is 0 Å². The molecule has 2 aromatic rings. The fraction of sp³-hybridized carbons (Fsp3) is 0.500. The minimum atomic E-state index is 0.183. The van der Waals surface area contributed by atoms with Crippen molar-refractivity contribution in [1.82, 2.24) is 14.9 Å². The number of aromatic nitrogens is 2. The smallest absolute Gasteiger partial charge is 0.0946 e. The highest BCUT2D eigenvalue weighted by Gasteiger charge is 2.23. The van der Waals surface area contributed by atoms with E-state index in [9.17, 15) is 0 Å². The van der Waals surface area contributed by atoms with Gasteiger partial charge in [0.1, 0.15) is 0 Å². The molecule has 2 atom stereocenters. The minimum Gasteiger partial charge on any atom is -0.336 e. The largest absolute Gasteiger partial charge is 0.336 e. The topological polar surface area (TPSA) is 29.9 Å². The summed E-state index contributed by atoms with van der Waals surface area (Å²) < 4.78 is 2.12. The third-order valence-electron chi connectivity index (χ3n) is 3.98. The van der Waals surface area contributed by atoms with Crippen molar-refractivity contribution in [2.75, 3.05) is 0 Å². The van der Waals surface area contributed by atoms with Gasteiger partial charge < -0.3 is 9.88 Å². The van der Waals surface area contributed by atoms with E-state index >= 15 is 0 Å². The Morgan fingerprint density at radius 1 is 1.14 bits per heavy atom. The van der Waals surface area contributed by atoms with Crippen LogP contribution in [0, 0.1) is 0 Å². The van der Waals surface area contributed by atoms with Crippen LogP contribution in [0.15, 0.2) is 49.1 Å². The van der Waals surface area contributed by atoms with Crippen molar-refractivity contribution in [2.45, 2.75) is 58.2 Å². The molecule has 0 aliphatic heterocycles. The van der Waals surface area contributed by atoms with E-state index in [1.54, 1.807) is 0 Å². The molecule has 0 spiro atoms. The van der Waals surface area contributed by atoms with Gasteiger partial charge >= 0.3 is 0 Å². The summed E-state index contributed by atoms with van der Waals surface area (Å²) in [5.41, 5.74) is 1.59. The molecule has 0 amide bonds. The summed E-state index contributed by atoms with van der Waals surface area (Å²) in [5, 5.41) is 3.70. The van der Waals surface area contributed by atoms with Gasteiger partial charge in [-0.15, -0.1) is 0 Å². The SMILES string of the molecule is CC(Cn1ccnc1)NC(C)CC(C)(C)c1ccccc1. The van der Waals surface area contributed by atoms with E-state index in [-0.39, 0.29) is 5.41 Å². The van der Waals surface area contributed by atoms with Crippen LogP contribution >= 0.6 is 0 Å². The first kappa shape index (κ1) is 15.8. The average molecular weight is 285 g/mol. The Morgan fingerprint density at radius 2 is 1.86 bits per heavy atom. The molecule has 0 aliphatic rings. The lowest BCUT2D eigenvalue weighted by molar-refractivity contribution is 0.348. The maximum absolute atomic E-state index is 4.09. The van der Waals surface area contributed by atoms with E-state index in [1.165, 1.54) is 5.56 Å². The quantitative estimate of drug-likeness (QED) is 0.842. The molecule has 1 aromatic carbocycles. The number of hydrogen-bond donors (Lipinski definition) is 1. The second-order valence-electron chi connectivity index (χ2n) is 6.68. The molecular formula is C18H27N3. The van der Waals surface area contributed by atoms with Crippen LogP contribution in [-0.4, -0.2) is 21.6 Å². The highest BCUT2D eigenvalue weighted by molar-refractivity contribution is 5.23. The van der Waals surface area contributed by atoms with Crippen LogP contribution in [0.1, 0.15) is 39.7 Å². The number of imidazole rings is 1. The summed E-state index contributed by atoms with van der Waals surface area (Å²) in [6, 6.07) is 11.7. The monoisotopic (exact) mass is 285 g/mol. The van der Waals surface area contributed by atoms with Gasteiger partial charge in [-0.1, -0.05) is 44.2 Å². The van der Waals surface area contributed by atoms with Crippen molar-refractivity contribution in [3.63, 3.8) is 0 Å². The lowest BCUT2D eigenvalue weighted by atomic mass is 9.79. The zero-order valence-electron chi connectivity index (χ0n) is 13.6. The van der Waals surface area contributed by atoms with E-state index in [0.717, 1.165) is 13.0 Å². The highest BCUT2D eigenvalue weighted by Crippen LogP contribution is 2.28. The van der Waals surface area contributed by atoms with Crippen LogP contribution in [0.2, 0.25) is 0 Å². The third kappa shape index (κ3) is 4.71. The van der Waals surface area contributed by atoms with E-state index in [2.05, 4.69) is 72.9 Å². The van der Waals surface area contributed by atoms with Gasteiger partial charge in [-0.25, -0.2) is 4.98 Å². The molecule has 114 valence electrons. The molecular weight excluding hydrogens is 258 g/mol. The molecule has 3 nitrogen and oxygen atoms in total. The van der Waals surface area contributed by atoms with Gasteiger partial charge in [0.05, 0.1) is 6.33 Å². The Balaban J connectivity index is 1.87. The third-order valence-corrected chi connectivity index (χ3v) is 3.98. The number of rotatable bonds is 7. The fourth-order valence-corrected chi connectivity index (χ4v) is 3.08. The Morgan fingerprint density at radius 3 is 2.48 bits per heavy atom. The fourth-order valence-electron chi connectivity index (χ4n) is 3.08. The lowest BCUT2D eigenvalue weighted by Crippen LogP contribution is -2.40. The van der Waals surface area contributed by atoms with Gasteiger partial charge in [-0.3, -0.25) is 0 Å². The van der Waals surface area contributed by atoms with Crippen molar-refractivity contribution >= 4 is 0 Å². The molecule has 0 saturated carbocycles. The molecule has 2 unspecified atom stereocenters. The molecule has 0 bridgehead atoms. The van der Waals surface area contributed by atoms with Crippen LogP contribution < -0.4 is 5.32 Å². The zero-order valence-corrected chi connectivity index (χ0v) is 13.6. The van der Waals surface area contributed by atoms with Crippen LogP contribution in [0.4, 0.5) is 0 Å². The van der Waals surface area contributed by atoms with Gasteiger partial charge in [-0.2, -0.15) is 0 Å². The van der Waals surface area contributed by atoms with Crippen LogP contribution in [0.5, 0.6) is 0 Å². The molecule has 0 aliphatic carbocycles. The van der Waals surface area contributed by atoms with Gasteiger partial charge in [-0.05, 0) is 31.2 Å². The van der Waals surface area contributed by atoms with Crippen LogP contribution in [-0.2, 0) is 12.0 Å². The molecule has 1 heterocycles. The van der Waals surface area contributed by atoms with E-state index in [4.69, 9.17) is 0 Å². The highest BCUT2D eigenvalue weighted by atomic mass is 15.1. The summed E-state index contributed by atoms with van der Waals surface area (Å²) >= 11 is 0. The summed E-state index contributed by atoms with van der Waals surface area (Å²) in [6.45, 7) is 10.1. The molecule has 1 aromatic heterocycles. The Hall–Kier alpha value is -1.61. The second-order valence-corrected chi connectivity index (χ2v) is 6.68. The molecule has 0 radical (unpaired) electrons. The van der Waals surface area contributed by atoms with E-state index in [0.29, 0.717) is 12.1 Å². The van der Waals surface area contributed by atoms with Crippen molar-refractivity contribution in [2.24, 2.45) is 0 Å². The summed E-state index contributed by atoms with van der Waals surface area (Å²) in [4.78, 5) is 4.09. The van der Waals surface area contributed by atoms with Gasteiger partial charge in [0.2, 0.25) is 0 Å². The van der Waals surface area contributed by atoms with E-state index in [1.807, 2.05) is 18.7 Å². The molecule has 0 saturated heterocycles. The summed E-state index contributed by atoms with van der Waals surface area (Å²) in [5.74, 6) is 0. The molecule has 1 N–H and O–H groups in total. The predicted molar refractivity (Wildman–Crippen MR) is 88.4 cm³/mol. The zero-order chi connectivity index (χ0) is 15.3. The van der Waals surface area contributed by atoms with Crippen molar-refractivity contribution in [3.05, 3.63) is 54.6 Å². The number of benzene rings is 1. The van der Waals surface area contributed by atoms with Gasteiger partial charge in [0.15, 0.2) is 0 Å². The maximum Gasteiger partial charge on any atom is 0.0946 e. The van der Waals surface area contributed by atoms with Crippen molar-refractivity contribution < 1.29 is 0 Å². The molecule has 0 fully saturated rings. The Kier molecular flexibility index (Phi) is 5.18. The average Bonchev–Trinajstić information content (AvgIpc) is 2.91. The summed E-state index contributed by atoms with van der Waals surface area (Å²) in [7, 11) is 0.